The molecule has 0 saturated carbocycles. The second kappa shape index (κ2) is 52.4. The van der Waals surface area contributed by atoms with Gasteiger partial charge in [-0.25, -0.2) is 24.5 Å². The molecule has 0 fully saturated rings. The summed E-state index contributed by atoms with van der Waals surface area (Å²) in [6.07, 6.45) is 0. The predicted octanol–water partition coefficient (Wildman–Crippen LogP) is 14.6. The average Bonchev–Trinajstić information content (AvgIpc) is 0.755. The van der Waals surface area contributed by atoms with Crippen LogP contribution in [0, 0.1) is 5.53 Å². The van der Waals surface area contributed by atoms with Crippen LogP contribution in [0.3, 0.4) is 0 Å². The Morgan fingerprint density at radius 1 is 0.410 bits per heavy atom. The van der Waals surface area contributed by atoms with Gasteiger partial charge in [0.1, 0.15) is 29.4 Å². The van der Waals surface area contributed by atoms with E-state index in [1.807, 2.05) is 79.1 Å². The Balaban J connectivity index is -0.000000182. The van der Waals surface area contributed by atoms with Gasteiger partial charge in [0.25, 0.3) is 0 Å². The first-order chi connectivity index (χ1) is 43.7. The molecule has 0 rings (SSSR count). The summed E-state index contributed by atoms with van der Waals surface area (Å²) in [4.78, 5) is 5.76. The Morgan fingerprint density at radius 3 is 0.800 bits per heavy atom. The molecule has 0 saturated heterocycles. The van der Waals surface area contributed by atoms with E-state index < -0.39 is 90.1 Å². The first kappa shape index (κ1) is 121. The quantitative estimate of drug-likeness (QED) is 0.0135. The molecule has 0 aromatic rings. The van der Waals surface area contributed by atoms with Crippen LogP contribution < -0.4 is 41.5 Å². The summed E-state index contributed by atoms with van der Waals surface area (Å²) in [7, 11) is 26.0. The molecule has 0 aliphatic heterocycles. The largest absolute Gasteiger partial charge is 1.00 e. The van der Waals surface area contributed by atoms with Crippen LogP contribution >= 0.6 is 93.2 Å². The van der Waals surface area contributed by atoms with Gasteiger partial charge in [0, 0.05) is 67.1 Å². The maximum atomic E-state index is 7.32. The summed E-state index contributed by atoms with van der Waals surface area (Å²) < 4.78 is 83.9. The van der Waals surface area contributed by atoms with Gasteiger partial charge >= 0.3 is 15.7 Å². The normalized spacial score (nSPS) is 13.4. The van der Waals surface area contributed by atoms with Crippen LogP contribution in [0.1, 0.15) is 83.1 Å². The Labute approximate surface area is 644 Å². The van der Waals surface area contributed by atoms with Gasteiger partial charge in [-0.1, -0.05) is 92.1 Å². The van der Waals surface area contributed by atoms with Crippen LogP contribution in [0.15, 0.2) is 45.9 Å². The second-order valence-corrected chi connectivity index (χ2v) is 75.8. The van der Waals surface area contributed by atoms with E-state index in [-0.39, 0.29) is 38.4 Å². The van der Waals surface area contributed by atoms with Gasteiger partial charge in [-0.15, -0.1) is 4.88 Å². The molecule has 6 N–H and O–H groups in total. The van der Waals surface area contributed by atoms with Crippen molar-refractivity contribution in [1.29, 1.82) is 5.53 Å². The highest BCUT2D eigenvalue weighted by molar-refractivity contribution is 7.95. The van der Waals surface area contributed by atoms with Crippen LogP contribution in [-0.4, -0.2) is 335 Å². The minimum absolute atomic E-state index is 0. The molecule has 0 aliphatic carbocycles. The first-order valence-electron chi connectivity index (χ1n) is 33.3. The van der Waals surface area contributed by atoms with Crippen molar-refractivity contribution in [2.75, 3.05) is 262 Å². The average molecular weight is 1740 g/mol. The zero-order valence-corrected chi connectivity index (χ0v) is 87.8. The van der Waals surface area contributed by atoms with E-state index >= 15 is 0 Å². The third-order valence-electron chi connectivity index (χ3n) is 15.8. The zero-order chi connectivity index (χ0) is 80.7. The fraction of sp³-hybridized carbons (Fsp3) is 1.00. The van der Waals surface area contributed by atoms with E-state index in [0.717, 1.165) is 0 Å². The minimum Gasteiger partial charge on any atom is -1.00 e. The van der Waals surface area contributed by atoms with Crippen LogP contribution in [0.5, 0.6) is 0 Å². The third kappa shape index (κ3) is 41.0. The van der Waals surface area contributed by atoms with E-state index in [1.165, 1.54) is 0 Å². The molecule has 0 bridgehead atoms. The molecule has 614 valence electrons. The molecule has 0 radical (unpaired) electrons. The number of rotatable bonds is 29. The summed E-state index contributed by atoms with van der Waals surface area (Å²) in [5.74, 6) is 4.54. The number of nitrogens with one attached hydrogen (secondary N) is 2. The Morgan fingerprint density at radius 2 is 0.640 bits per heavy atom. The second-order valence-electron chi connectivity index (χ2n) is 29.6. The number of nitrogens with zero attached hydrogens (tertiary/aromatic N) is 22. The lowest BCUT2D eigenvalue weighted by Crippen LogP contribution is -3.00. The number of nitrogens with two attached hydrogens (primary N) is 2. The molecule has 44 heteroatoms. The fourth-order valence-corrected chi connectivity index (χ4v) is 44.2. The number of hydrogen-bond acceptors (Lipinski definition) is 13. The number of hydrogen-bond donors (Lipinski definition) is 4. The van der Waals surface area contributed by atoms with Gasteiger partial charge in [0.15, 0.2) is 25.2 Å². The molecule has 0 aromatic carbocycles. The highest BCUT2D eigenvalue weighted by Crippen LogP contribution is 2.86. The van der Waals surface area contributed by atoms with Crippen molar-refractivity contribution in [3.63, 3.8) is 0 Å². The van der Waals surface area contributed by atoms with Crippen LogP contribution in [-0.2, 0) is 8.85 Å². The zero-order valence-electron chi connectivity index (χ0n) is 73.7. The van der Waals surface area contributed by atoms with Crippen molar-refractivity contribution in [3.05, 3.63) is 0 Å². The molecule has 28 nitrogen and oxygen atoms in total. The monoisotopic (exact) mass is 1730 g/mol. The minimum atomic E-state index is -3.06. The highest BCUT2D eigenvalue weighted by atomic mass is 35.7. The molecule has 100 heavy (non-hydrogen) atoms. The van der Waals surface area contributed by atoms with Crippen LogP contribution in [0.2, 0.25) is 36.3 Å². The van der Waals surface area contributed by atoms with Crippen LogP contribution in [0.25, 0.3) is 0 Å². The van der Waals surface area contributed by atoms with E-state index in [2.05, 4.69) is 343 Å². The van der Waals surface area contributed by atoms with Gasteiger partial charge < -0.3 is 39.4 Å². The maximum absolute atomic E-state index is 7.32. The fourth-order valence-electron chi connectivity index (χ4n) is 6.86. The van der Waals surface area contributed by atoms with E-state index in [0.29, 0.717) is 31.3 Å². The van der Waals surface area contributed by atoms with E-state index in [1.54, 1.807) is 0 Å². The standard InChI is InChI=1S/C25H71N11OP5Si.C17H51ClN10P5.C8H21NOSi.3C2H6.2ClH.H3N4P/c1-25(2,3)43(21,22)37-24-23-26-42(35(12)13,36(14)15)30-41(27-38(16,17)18,28-39(19,31(4)5)32(6)7)29-40(20,33(8)9)34(10)11;1-23(2)30(16,24(3)4)20-33(19-29(13,14)15,21-31(17,25(5)6)26(7)8)22-32(18,27(9)10)28(11)12;1-8(2,3)11(4,5)10-7-6-9;3*1-2;;;1-3-5-4-2/h26H,23-24H2,1-22H3;1-17H3;6-7,9H2,1-5H3;3*1-2H3;2*1H;1H,2H2/q2*+1;;;;;;;/p-2. The topological polar surface area (TPSA) is 269 Å². The smallest absolute Gasteiger partial charge is 0.496 e. The molecular formula is C56H164Cl3N26O2P11Si2. The Kier molecular flexibility index (Phi) is 63.5. The lowest BCUT2D eigenvalue weighted by Gasteiger charge is -2.39. The van der Waals surface area contributed by atoms with Crippen LogP contribution in [0.4, 0.5) is 0 Å². The maximum Gasteiger partial charge on any atom is 0.496 e. The lowest BCUT2D eigenvalue weighted by molar-refractivity contribution is -0.001000. The van der Waals surface area contributed by atoms with E-state index in [9.17, 15) is 0 Å². The Bertz CT molecular complexity index is 2560. The van der Waals surface area contributed by atoms with E-state index in [4.69, 9.17) is 67.5 Å². The highest BCUT2D eigenvalue weighted by Gasteiger charge is 2.53. The molecule has 0 aromatic heterocycles. The van der Waals surface area contributed by atoms with Crippen molar-refractivity contribution < 1.29 is 33.7 Å². The third-order valence-corrected chi connectivity index (χ3v) is 63.8. The van der Waals surface area contributed by atoms with Crippen molar-refractivity contribution in [1.82, 2.24) is 61.1 Å². The predicted molar refractivity (Wildman–Crippen MR) is 474 cm³/mol. The summed E-state index contributed by atoms with van der Waals surface area (Å²) >= 11 is 7.32. The van der Waals surface area contributed by atoms with Gasteiger partial charge in [-0.2, -0.15) is 10.4 Å². The van der Waals surface area contributed by atoms with Gasteiger partial charge in [-0.05, 0) is 284 Å². The molecule has 0 amide bonds. The Hall–Kier alpha value is 3.02. The molecule has 0 spiro atoms. The van der Waals surface area contributed by atoms with Crippen molar-refractivity contribution in [2.45, 2.75) is 119 Å². The lowest BCUT2D eigenvalue weighted by atomic mass is 10.2. The van der Waals surface area contributed by atoms with Crippen molar-refractivity contribution >= 4 is 110 Å². The molecular weight excluding hydrogens is 1570 g/mol. The summed E-state index contributed by atoms with van der Waals surface area (Å²) in [6.45, 7) is 56.9. The molecule has 0 heterocycles. The van der Waals surface area contributed by atoms with Crippen molar-refractivity contribution in [2.24, 2.45) is 57.4 Å². The molecule has 0 atom stereocenters. The van der Waals surface area contributed by atoms with Gasteiger partial charge in [0.05, 0.1) is 0 Å². The molecule has 0 aliphatic rings. The van der Waals surface area contributed by atoms with Gasteiger partial charge in [0.2, 0.25) is 14.2 Å². The molecule has 0 unspecified atom stereocenters. The summed E-state index contributed by atoms with van der Waals surface area (Å²) in [5, 5.41) is 4.37. The SMILES string of the molecule is CC.CC.CC.CC(C)(C)[Si](C)(C)OCCN.CN(C)P(C)(=N[P+](N=P(C)(C)C)(N=P(C)(N(C)C)N(C)C)N=P(Cl)(N(C)C)N(C)C)N(C)C.CN(C)P(C)(=N[P+](N=P(C)(C)C)(N=P(C)(N(C)C)N(C)C)N=P(NCCO[Si](C)(C)C(C)(C)C)(N(C)C)N(C)C)N(C)C.N=NP=NN.[Cl-].[Cl-]. The van der Waals surface area contributed by atoms with Crippen molar-refractivity contribution in [3.8, 4) is 0 Å². The summed E-state index contributed by atoms with van der Waals surface area (Å²) in [6, 6.07) is 0. The summed E-state index contributed by atoms with van der Waals surface area (Å²) in [5.41, 5.74) is 11.4. The first-order valence-corrected chi connectivity index (χ1v) is 61.9. The van der Waals surface area contributed by atoms with Gasteiger partial charge in [-0.3, -0.25) is 42.5 Å². The number of halogens is 3.